The van der Waals surface area contributed by atoms with Crippen molar-refractivity contribution in [2.75, 3.05) is 12.4 Å². The molecular weight excluding hydrogens is 356 g/mol. The van der Waals surface area contributed by atoms with E-state index in [1.165, 1.54) is 7.11 Å². The number of amides is 1. The Morgan fingerprint density at radius 2 is 1.75 bits per heavy atom. The van der Waals surface area contributed by atoms with E-state index >= 15 is 0 Å². The molecule has 0 spiro atoms. The second-order valence-corrected chi connectivity index (χ2v) is 6.06. The van der Waals surface area contributed by atoms with Gasteiger partial charge in [-0.25, -0.2) is 4.79 Å². The molecule has 0 saturated heterocycles. The van der Waals surface area contributed by atoms with Gasteiger partial charge in [0, 0.05) is 29.0 Å². The number of nitrogens with zero attached hydrogens (tertiary/aromatic N) is 2. The molecule has 0 atom stereocenters. The summed E-state index contributed by atoms with van der Waals surface area (Å²) in [7, 11) is 1.28. The summed E-state index contributed by atoms with van der Waals surface area (Å²) >= 11 is 0. The maximum atomic E-state index is 12.7. The lowest BCUT2D eigenvalue weighted by atomic mass is 10.1. The second-order valence-electron chi connectivity index (χ2n) is 6.06. The van der Waals surface area contributed by atoms with Crippen molar-refractivity contribution in [2.24, 2.45) is 0 Å². The Bertz CT molecular complexity index is 1170. The van der Waals surface area contributed by atoms with E-state index in [1.807, 2.05) is 24.3 Å². The number of anilines is 1. The molecule has 2 N–H and O–H groups in total. The summed E-state index contributed by atoms with van der Waals surface area (Å²) in [6, 6.07) is 15.7. The third-order valence-corrected chi connectivity index (χ3v) is 4.35. The molecule has 7 nitrogen and oxygen atoms in total. The number of H-pyrrole nitrogens is 1. The molecule has 7 heteroatoms. The average Bonchev–Trinajstić information content (AvgIpc) is 3.17. The van der Waals surface area contributed by atoms with Gasteiger partial charge in [0.05, 0.1) is 23.8 Å². The molecule has 0 radical (unpaired) electrons. The van der Waals surface area contributed by atoms with E-state index in [0.29, 0.717) is 5.69 Å². The molecule has 4 rings (SSSR count). The number of hydrogen-bond acceptors (Lipinski definition) is 5. The molecule has 0 saturated carbocycles. The van der Waals surface area contributed by atoms with Crippen molar-refractivity contribution in [3.8, 4) is 11.3 Å². The molecule has 0 aliphatic carbocycles. The Morgan fingerprint density at radius 1 is 1.00 bits per heavy atom. The van der Waals surface area contributed by atoms with Crippen molar-refractivity contribution in [2.45, 2.75) is 0 Å². The molecule has 0 fully saturated rings. The van der Waals surface area contributed by atoms with Gasteiger partial charge in [-0.1, -0.05) is 12.1 Å². The van der Waals surface area contributed by atoms with Crippen LogP contribution in [0.15, 0.2) is 67.0 Å². The Hall–Kier alpha value is -4.00. The largest absolute Gasteiger partial charge is 0.465 e. The minimum absolute atomic E-state index is 0.212. The smallest absolute Gasteiger partial charge is 0.338 e. The summed E-state index contributed by atoms with van der Waals surface area (Å²) in [5, 5.41) is 11.1. The van der Waals surface area contributed by atoms with Gasteiger partial charge < -0.3 is 10.1 Å². The maximum absolute atomic E-state index is 12.7. The Kier molecular flexibility index (Phi) is 4.55. The molecule has 2 aromatic heterocycles. The number of carbonyl (C=O) groups excluding carboxylic acids is 2. The van der Waals surface area contributed by atoms with Crippen LogP contribution < -0.4 is 5.32 Å². The highest BCUT2D eigenvalue weighted by atomic mass is 16.5. The number of aromatic amines is 1. The first-order valence-electron chi connectivity index (χ1n) is 8.54. The predicted molar refractivity (Wildman–Crippen MR) is 105 cm³/mol. The van der Waals surface area contributed by atoms with Crippen LogP contribution >= 0.6 is 0 Å². The van der Waals surface area contributed by atoms with Crippen molar-refractivity contribution >= 4 is 28.5 Å². The molecule has 2 heterocycles. The number of pyridine rings is 1. The van der Waals surface area contributed by atoms with Crippen LogP contribution in [0.4, 0.5) is 5.69 Å². The topological polar surface area (TPSA) is 97.0 Å². The molecule has 1 amide bonds. The quantitative estimate of drug-likeness (QED) is 0.533. The summed E-state index contributed by atoms with van der Waals surface area (Å²) < 4.78 is 4.75. The fraction of sp³-hybridized carbons (Fsp3) is 0.0476. The number of ether oxygens (including phenoxy) is 1. The number of nitrogens with one attached hydrogen (secondary N) is 2. The van der Waals surface area contributed by atoms with Crippen molar-refractivity contribution in [1.29, 1.82) is 0 Å². The average molecular weight is 372 g/mol. The van der Waals surface area contributed by atoms with Crippen molar-refractivity contribution < 1.29 is 14.3 Å². The van der Waals surface area contributed by atoms with E-state index in [9.17, 15) is 9.59 Å². The Balaban J connectivity index is 1.68. The molecule has 0 unspecified atom stereocenters. The van der Waals surface area contributed by atoms with E-state index in [4.69, 9.17) is 4.74 Å². The number of benzene rings is 2. The first kappa shape index (κ1) is 17.4. The zero-order valence-corrected chi connectivity index (χ0v) is 15.0. The van der Waals surface area contributed by atoms with Gasteiger partial charge >= 0.3 is 5.97 Å². The van der Waals surface area contributed by atoms with Gasteiger partial charge in [-0.05, 0) is 42.5 Å². The van der Waals surface area contributed by atoms with Gasteiger partial charge in [-0.3, -0.25) is 14.9 Å². The summed E-state index contributed by atoms with van der Waals surface area (Å²) in [5.74, 6) is -0.953. The van der Waals surface area contributed by atoms with Crippen molar-refractivity contribution in [3.05, 3.63) is 78.1 Å². The van der Waals surface area contributed by atoms with Crippen LogP contribution in [0.5, 0.6) is 0 Å². The molecular formula is C21H16N4O3. The number of methoxy groups -OCH3 is 1. The third kappa shape index (κ3) is 3.21. The van der Waals surface area contributed by atoms with Crippen LogP contribution in [-0.4, -0.2) is 34.2 Å². The zero-order valence-electron chi connectivity index (χ0n) is 15.0. The number of carbonyl (C=O) groups is 2. The van der Waals surface area contributed by atoms with Crippen LogP contribution in [0, 0.1) is 0 Å². The standard InChI is InChI=1S/C21H16N4O3/c1-28-21(27)16-5-3-2-4-15(16)20(26)23-14-6-7-18-17(12-14)19(25-24-18)13-8-10-22-11-9-13/h2-12H,1H3,(H,23,26)(H,24,25). The minimum atomic E-state index is -0.559. The van der Waals surface area contributed by atoms with Gasteiger partial charge in [0.2, 0.25) is 0 Å². The second kappa shape index (κ2) is 7.32. The molecule has 4 aromatic rings. The van der Waals surface area contributed by atoms with Gasteiger partial charge in [-0.15, -0.1) is 0 Å². The van der Waals surface area contributed by atoms with Crippen LogP contribution in [0.1, 0.15) is 20.7 Å². The van der Waals surface area contributed by atoms with Gasteiger partial charge in [0.25, 0.3) is 5.91 Å². The van der Waals surface area contributed by atoms with Crippen molar-refractivity contribution in [3.63, 3.8) is 0 Å². The Labute approximate surface area is 160 Å². The highest BCUT2D eigenvalue weighted by molar-refractivity contribution is 6.11. The lowest BCUT2D eigenvalue weighted by Gasteiger charge is -2.09. The van der Waals surface area contributed by atoms with Crippen molar-refractivity contribution in [1.82, 2.24) is 15.2 Å². The number of rotatable bonds is 4. The van der Waals surface area contributed by atoms with E-state index in [0.717, 1.165) is 22.2 Å². The third-order valence-electron chi connectivity index (χ3n) is 4.35. The van der Waals surface area contributed by atoms with Gasteiger partial charge in [0.15, 0.2) is 0 Å². The minimum Gasteiger partial charge on any atom is -0.465 e. The normalized spacial score (nSPS) is 10.6. The first-order chi connectivity index (χ1) is 13.7. The van der Waals surface area contributed by atoms with E-state index in [2.05, 4.69) is 20.5 Å². The molecule has 138 valence electrons. The maximum Gasteiger partial charge on any atom is 0.338 e. The molecule has 0 bridgehead atoms. The molecule has 28 heavy (non-hydrogen) atoms. The fourth-order valence-electron chi connectivity index (χ4n) is 2.99. The number of fused-ring (bicyclic) bond motifs is 1. The zero-order chi connectivity index (χ0) is 19.5. The summed E-state index contributed by atoms with van der Waals surface area (Å²) in [6.45, 7) is 0. The van der Waals surface area contributed by atoms with E-state index in [-0.39, 0.29) is 11.1 Å². The summed E-state index contributed by atoms with van der Waals surface area (Å²) in [4.78, 5) is 28.7. The lowest BCUT2D eigenvalue weighted by Crippen LogP contribution is -2.17. The fourth-order valence-corrected chi connectivity index (χ4v) is 2.99. The summed E-state index contributed by atoms with van der Waals surface area (Å²) in [6.07, 6.45) is 3.40. The van der Waals surface area contributed by atoms with Crippen LogP contribution in [-0.2, 0) is 4.74 Å². The first-order valence-corrected chi connectivity index (χ1v) is 8.54. The SMILES string of the molecule is COC(=O)c1ccccc1C(=O)Nc1ccc2[nH]nc(-c3ccncc3)c2c1. The number of hydrogen-bond donors (Lipinski definition) is 2. The monoisotopic (exact) mass is 372 g/mol. The Morgan fingerprint density at radius 3 is 2.50 bits per heavy atom. The van der Waals surface area contributed by atoms with Crippen LogP contribution in [0.2, 0.25) is 0 Å². The highest BCUT2D eigenvalue weighted by Crippen LogP contribution is 2.28. The number of esters is 1. The summed E-state index contributed by atoms with van der Waals surface area (Å²) in [5.41, 5.74) is 3.58. The van der Waals surface area contributed by atoms with Crippen LogP contribution in [0.25, 0.3) is 22.2 Å². The van der Waals surface area contributed by atoms with E-state index in [1.54, 1.807) is 42.7 Å². The molecule has 0 aliphatic rings. The molecule has 0 aliphatic heterocycles. The van der Waals surface area contributed by atoms with Crippen LogP contribution in [0.3, 0.4) is 0 Å². The lowest BCUT2D eigenvalue weighted by molar-refractivity contribution is 0.0597. The van der Waals surface area contributed by atoms with Gasteiger partial charge in [0.1, 0.15) is 5.69 Å². The van der Waals surface area contributed by atoms with E-state index < -0.39 is 11.9 Å². The predicted octanol–water partition coefficient (Wildman–Crippen LogP) is 3.66. The molecule has 2 aromatic carbocycles. The highest BCUT2D eigenvalue weighted by Gasteiger charge is 2.17. The number of aromatic nitrogens is 3. The van der Waals surface area contributed by atoms with Gasteiger partial charge in [-0.2, -0.15) is 5.10 Å².